The number of para-hydroxylation sites is 1. The lowest BCUT2D eigenvalue weighted by molar-refractivity contribution is -0.121. The highest BCUT2D eigenvalue weighted by Gasteiger charge is 2.40. The van der Waals surface area contributed by atoms with Crippen LogP contribution in [0.25, 0.3) is 0 Å². The van der Waals surface area contributed by atoms with Crippen molar-refractivity contribution in [1.82, 2.24) is 4.72 Å². The molecule has 2 aromatic rings. The number of sulfonamides is 1. The molecule has 1 atom stereocenters. The first-order valence-corrected chi connectivity index (χ1v) is 12.6. The number of imide groups is 1. The van der Waals surface area contributed by atoms with Crippen LogP contribution in [0.1, 0.15) is 57.6 Å². The molecular formula is C24H28N2O6S. The van der Waals surface area contributed by atoms with E-state index in [2.05, 4.69) is 4.72 Å². The van der Waals surface area contributed by atoms with E-state index >= 15 is 0 Å². The van der Waals surface area contributed by atoms with Gasteiger partial charge in [0.2, 0.25) is 21.8 Å². The van der Waals surface area contributed by atoms with E-state index in [1.807, 2.05) is 38.1 Å². The highest BCUT2D eigenvalue weighted by molar-refractivity contribution is 7.89. The Kier molecular flexibility index (Phi) is 6.20. The van der Waals surface area contributed by atoms with Gasteiger partial charge in [-0.3, -0.25) is 9.59 Å². The third-order valence-corrected chi connectivity index (χ3v) is 8.01. The minimum Gasteiger partial charge on any atom is -0.495 e. The molecule has 0 unspecified atom stereocenters. The summed E-state index contributed by atoms with van der Waals surface area (Å²) in [5, 5.41) is 0. The Bertz CT molecular complexity index is 1170. The van der Waals surface area contributed by atoms with Crippen molar-refractivity contribution in [2.24, 2.45) is 0 Å². The molecule has 2 aromatic carbocycles. The van der Waals surface area contributed by atoms with Gasteiger partial charge in [-0.1, -0.05) is 32.0 Å². The van der Waals surface area contributed by atoms with Crippen LogP contribution in [0, 0.1) is 0 Å². The predicted molar refractivity (Wildman–Crippen MR) is 123 cm³/mol. The average molecular weight is 473 g/mol. The molecule has 33 heavy (non-hydrogen) atoms. The number of nitrogens with one attached hydrogen (secondary N) is 1. The molecule has 0 saturated carbocycles. The molecule has 2 heterocycles. The highest BCUT2D eigenvalue weighted by Crippen LogP contribution is 2.43. The number of ether oxygens (including phenoxy) is 2. The maximum atomic E-state index is 13.4. The number of anilines is 1. The average Bonchev–Trinajstić information content (AvgIpc) is 3.15. The number of nitrogens with zero attached hydrogens (tertiary/aromatic N) is 1. The van der Waals surface area contributed by atoms with Crippen molar-refractivity contribution in [3.63, 3.8) is 0 Å². The van der Waals surface area contributed by atoms with Crippen molar-refractivity contribution in [2.45, 2.75) is 62.5 Å². The summed E-state index contributed by atoms with van der Waals surface area (Å²) in [6, 6.07) is 11.1. The maximum absolute atomic E-state index is 13.4. The van der Waals surface area contributed by atoms with Gasteiger partial charge >= 0.3 is 0 Å². The number of fused-ring (bicyclic) bond motifs is 1. The van der Waals surface area contributed by atoms with Gasteiger partial charge in [0.1, 0.15) is 17.1 Å². The van der Waals surface area contributed by atoms with Gasteiger partial charge in [-0.2, -0.15) is 0 Å². The second-order valence-electron chi connectivity index (χ2n) is 8.36. The van der Waals surface area contributed by atoms with Gasteiger partial charge < -0.3 is 9.47 Å². The van der Waals surface area contributed by atoms with Crippen LogP contribution in [-0.4, -0.2) is 32.9 Å². The number of hydrogen-bond acceptors (Lipinski definition) is 6. The Morgan fingerprint density at radius 2 is 1.76 bits per heavy atom. The molecule has 4 rings (SSSR count). The first-order chi connectivity index (χ1) is 15.7. The zero-order valence-corrected chi connectivity index (χ0v) is 19.8. The molecule has 0 bridgehead atoms. The molecule has 1 N–H and O–H groups in total. The summed E-state index contributed by atoms with van der Waals surface area (Å²) in [6.07, 6.45) is 2.14. The van der Waals surface area contributed by atoms with Crippen molar-refractivity contribution in [1.29, 1.82) is 0 Å². The molecule has 0 spiro atoms. The molecule has 2 aliphatic rings. The summed E-state index contributed by atoms with van der Waals surface area (Å²) >= 11 is 0. The van der Waals surface area contributed by atoms with E-state index in [0.717, 1.165) is 23.3 Å². The smallest absolute Gasteiger partial charge is 0.241 e. The number of benzene rings is 2. The van der Waals surface area contributed by atoms with Gasteiger partial charge in [-0.15, -0.1) is 0 Å². The molecule has 176 valence electrons. The lowest BCUT2D eigenvalue weighted by Gasteiger charge is -2.41. The third kappa shape index (κ3) is 4.22. The zero-order chi connectivity index (χ0) is 23.8. The number of rotatable bonds is 7. The Balaban J connectivity index is 1.71. The Morgan fingerprint density at radius 3 is 2.39 bits per heavy atom. The van der Waals surface area contributed by atoms with Gasteiger partial charge in [-0.25, -0.2) is 18.0 Å². The Morgan fingerprint density at radius 1 is 1.09 bits per heavy atom. The van der Waals surface area contributed by atoms with Crippen LogP contribution in [0.15, 0.2) is 47.4 Å². The van der Waals surface area contributed by atoms with Gasteiger partial charge in [0.15, 0.2) is 0 Å². The molecule has 8 nitrogen and oxygen atoms in total. The summed E-state index contributed by atoms with van der Waals surface area (Å²) in [7, 11) is -2.58. The fourth-order valence-electron chi connectivity index (χ4n) is 4.52. The van der Waals surface area contributed by atoms with Gasteiger partial charge in [0.05, 0.1) is 23.7 Å². The molecule has 2 aliphatic heterocycles. The van der Waals surface area contributed by atoms with Crippen molar-refractivity contribution in [3.8, 4) is 11.5 Å². The van der Waals surface area contributed by atoms with Gasteiger partial charge in [0.25, 0.3) is 0 Å². The van der Waals surface area contributed by atoms with E-state index in [-0.39, 0.29) is 41.0 Å². The first kappa shape index (κ1) is 23.3. The summed E-state index contributed by atoms with van der Waals surface area (Å²) in [5.74, 6) is 0.165. The van der Waals surface area contributed by atoms with Crippen LogP contribution in [-0.2, 0) is 19.6 Å². The summed E-state index contributed by atoms with van der Waals surface area (Å²) < 4.78 is 41.3. The first-order valence-electron chi connectivity index (χ1n) is 11.1. The van der Waals surface area contributed by atoms with Gasteiger partial charge in [-0.05, 0) is 37.1 Å². The van der Waals surface area contributed by atoms with Crippen molar-refractivity contribution in [2.75, 3.05) is 12.0 Å². The predicted octanol–water partition coefficient (Wildman–Crippen LogP) is 3.71. The van der Waals surface area contributed by atoms with Gasteiger partial charge in [0, 0.05) is 24.8 Å². The molecule has 0 aliphatic carbocycles. The Labute approximate surface area is 193 Å². The van der Waals surface area contributed by atoms with Crippen molar-refractivity contribution < 1.29 is 27.5 Å². The number of amides is 2. The van der Waals surface area contributed by atoms with Crippen LogP contribution in [0.4, 0.5) is 5.69 Å². The van der Waals surface area contributed by atoms with Crippen LogP contribution in [0.5, 0.6) is 11.5 Å². The van der Waals surface area contributed by atoms with E-state index < -0.39 is 21.7 Å². The summed E-state index contributed by atoms with van der Waals surface area (Å²) in [5.41, 5.74) is 0.440. The fourth-order valence-corrected chi connectivity index (χ4v) is 5.75. The topological polar surface area (TPSA) is 102 Å². The van der Waals surface area contributed by atoms with E-state index in [4.69, 9.17) is 9.47 Å². The third-order valence-electron chi connectivity index (χ3n) is 6.54. The normalized spacial score (nSPS) is 19.8. The second kappa shape index (κ2) is 8.79. The van der Waals surface area contributed by atoms with Crippen molar-refractivity contribution >= 4 is 27.5 Å². The number of carbonyl (C=O) groups excluding carboxylic acids is 2. The largest absolute Gasteiger partial charge is 0.495 e. The zero-order valence-electron chi connectivity index (χ0n) is 19.0. The molecule has 9 heteroatoms. The Hall–Kier alpha value is -2.91. The van der Waals surface area contributed by atoms with Crippen LogP contribution in [0.3, 0.4) is 0 Å². The minimum absolute atomic E-state index is 0.0478. The SMILES string of the molecule is CCC1(CC)C[C@@H](NS(=O)(=O)c2ccc(OC)c(N3C(=O)CCC3=O)c2)c2ccccc2O1. The lowest BCUT2D eigenvalue weighted by Crippen LogP contribution is -2.44. The highest BCUT2D eigenvalue weighted by atomic mass is 32.2. The molecular weight excluding hydrogens is 444 g/mol. The fraction of sp³-hybridized carbons (Fsp3) is 0.417. The molecule has 0 aromatic heterocycles. The van der Waals surface area contributed by atoms with Crippen LogP contribution >= 0.6 is 0 Å². The van der Waals surface area contributed by atoms with E-state index in [9.17, 15) is 18.0 Å². The monoisotopic (exact) mass is 472 g/mol. The minimum atomic E-state index is -3.99. The molecule has 1 saturated heterocycles. The molecule has 0 radical (unpaired) electrons. The summed E-state index contributed by atoms with van der Waals surface area (Å²) in [6.45, 7) is 4.06. The number of methoxy groups -OCH3 is 1. The van der Waals surface area contributed by atoms with E-state index in [1.54, 1.807) is 0 Å². The second-order valence-corrected chi connectivity index (χ2v) is 10.1. The summed E-state index contributed by atoms with van der Waals surface area (Å²) in [4.78, 5) is 25.5. The standard InChI is InChI=1S/C24H28N2O6S/c1-4-24(5-2)15-18(17-8-6-7-9-20(17)32-24)25-33(29,30)16-10-11-21(31-3)19(14-16)26-22(27)12-13-23(26)28/h6-11,14,18,25H,4-5,12-13,15H2,1-3H3/t18-/m1/s1. The lowest BCUT2D eigenvalue weighted by atomic mass is 9.84. The number of carbonyl (C=O) groups is 2. The van der Waals surface area contributed by atoms with Crippen molar-refractivity contribution in [3.05, 3.63) is 48.0 Å². The number of hydrogen-bond donors (Lipinski definition) is 1. The van der Waals surface area contributed by atoms with E-state index in [0.29, 0.717) is 12.2 Å². The van der Waals surface area contributed by atoms with Crippen LogP contribution in [0.2, 0.25) is 0 Å². The molecule has 1 fully saturated rings. The quantitative estimate of drug-likeness (QED) is 0.617. The van der Waals surface area contributed by atoms with Crippen LogP contribution < -0.4 is 19.1 Å². The maximum Gasteiger partial charge on any atom is 0.241 e. The van der Waals surface area contributed by atoms with E-state index in [1.165, 1.54) is 25.3 Å². The molecule has 2 amide bonds.